The van der Waals surface area contributed by atoms with Crippen LogP contribution < -0.4 is 10.6 Å². The Morgan fingerprint density at radius 1 is 1.27 bits per heavy atom. The molecular formula is C15H15ClN2O3S. The van der Waals surface area contributed by atoms with Crippen molar-refractivity contribution in [2.45, 2.75) is 12.5 Å². The summed E-state index contributed by atoms with van der Waals surface area (Å²) in [6, 6.07) is 10.1. The number of rotatable bonds is 4. The van der Waals surface area contributed by atoms with E-state index >= 15 is 0 Å². The fourth-order valence-electron chi connectivity index (χ4n) is 1.76. The van der Waals surface area contributed by atoms with E-state index in [0.717, 1.165) is 0 Å². The molecule has 1 aromatic carbocycles. The summed E-state index contributed by atoms with van der Waals surface area (Å²) in [7, 11) is 0. The van der Waals surface area contributed by atoms with Crippen molar-refractivity contribution in [3.05, 3.63) is 51.7 Å². The van der Waals surface area contributed by atoms with Crippen LogP contribution in [0.15, 0.2) is 41.8 Å². The van der Waals surface area contributed by atoms with Gasteiger partial charge < -0.3 is 15.7 Å². The normalized spacial score (nSPS) is 13.2. The van der Waals surface area contributed by atoms with Gasteiger partial charge in [0.25, 0.3) is 0 Å². The van der Waals surface area contributed by atoms with Gasteiger partial charge in [-0.25, -0.2) is 0 Å². The van der Waals surface area contributed by atoms with Gasteiger partial charge in [0.2, 0.25) is 0 Å². The SMILES string of the molecule is CC(O)(CNC(=O)C(=O)Nc1cccc(Cl)c1)c1cccs1. The molecule has 0 aliphatic carbocycles. The van der Waals surface area contributed by atoms with Crippen LogP contribution in [-0.4, -0.2) is 23.5 Å². The largest absolute Gasteiger partial charge is 0.383 e. The fourth-order valence-corrected chi connectivity index (χ4v) is 2.74. The average molecular weight is 339 g/mol. The summed E-state index contributed by atoms with van der Waals surface area (Å²) in [5.74, 6) is -1.64. The molecule has 3 N–H and O–H groups in total. The predicted molar refractivity (Wildman–Crippen MR) is 87.0 cm³/mol. The van der Waals surface area contributed by atoms with Crippen LogP contribution in [0, 0.1) is 0 Å². The van der Waals surface area contributed by atoms with Gasteiger partial charge in [-0.15, -0.1) is 11.3 Å². The van der Waals surface area contributed by atoms with Crippen molar-refractivity contribution in [3.8, 4) is 0 Å². The lowest BCUT2D eigenvalue weighted by Crippen LogP contribution is -2.42. The Kier molecular flexibility index (Phi) is 5.18. The smallest absolute Gasteiger partial charge is 0.313 e. The highest BCUT2D eigenvalue weighted by Gasteiger charge is 2.26. The molecule has 22 heavy (non-hydrogen) atoms. The Balaban J connectivity index is 1.90. The van der Waals surface area contributed by atoms with E-state index in [9.17, 15) is 14.7 Å². The molecule has 7 heteroatoms. The Bertz CT molecular complexity index is 671. The number of carbonyl (C=O) groups excluding carboxylic acids is 2. The standard InChI is InChI=1S/C15H15ClN2O3S/c1-15(21,12-6-3-7-22-12)9-17-13(19)14(20)18-11-5-2-4-10(16)8-11/h2-8,21H,9H2,1H3,(H,17,19)(H,18,20). The molecule has 0 aliphatic heterocycles. The summed E-state index contributed by atoms with van der Waals surface area (Å²) in [6.45, 7) is 1.52. The van der Waals surface area contributed by atoms with Gasteiger partial charge in [-0.3, -0.25) is 9.59 Å². The zero-order valence-electron chi connectivity index (χ0n) is 11.8. The first-order chi connectivity index (χ1) is 10.4. The van der Waals surface area contributed by atoms with Gasteiger partial charge >= 0.3 is 11.8 Å². The summed E-state index contributed by atoms with van der Waals surface area (Å²) in [5.41, 5.74) is -0.794. The van der Waals surface area contributed by atoms with Gasteiger partial charge in [-0.1, -0.05) is 23.7 Å². The minimum Gasteiger partial charge on any atom is -0.383 e. The molecule has 0 aliphatic rings. The number of amides is 2. The molecule has 0 spiro atoms. The average Bonchev–Trinajstić information content (AvgIpc) is 3.00. The van der Waals surface area contributed by atoms with E-state index in [1.165, 1.54) is 17.4 Å². The van der Waals surface area contributed by atoms with Crippen molar-refractivity contribution < 1.29 is 14.7 Å². The minimum absolute atomic E-state index is 0.0602. The molecule has 5 nitrogen and oxygen atoms in total. The van der Waals surface area contributed by atoms with Gasteiger partial charge in [0.15, 0.2) is 0 Å². The number of halogens is 1. The highest BCUT2D eigenvalue weighted by Crippen LogP contribution is 2.24. The van der Waals surface area contributed by atoms with E-state index in [1.54, 1.807) is 31.2 Å². The van der Waals surface area contributed by atoms with Crippen molar-refractivity contribution in [2.24, 2.45) is 0 Å². The first-order valence-electron chi connectivity index (χ1n) is 6.49. The minimum atomic E-state index is -1.22. The number of aliphatic hydroxyl groups is 1. The van der Waals surface area contributed by atoms with Crippen LogP contribution in [0.3, 0.4) is 0 Å². The molecule has 2 rings (SSSR count). The van der Waals surface area contributed by atoms with Crippen molar-refractivity contribution in [1.82, 2.24) is 5.32 Å². The summed E-state index contributed by atoms with van der Waals surface area (Å²) >= 11 is 7.18. The van der Waals surface area contributed by atoms with Gasteiger partial charge in [-0.2, -0.15) is 0 Å². The van der Waals surface area contributed by atoms with E-state index in [4.69, 9.17) is 11.6 Å². The lowest BCUT2D eigenvalue weighted by atomic mass is 10.1. The molecule has 1 aromatic heterocycles. The summed E-state index contributed by atoms with van der Waals surface area (Å²) in [5, 5.41) is 17.4. The lowest BCUT2D eigenvalue weighted by molar-refractivity contribution is -0.136. The molecule has 2 amide bonds. The second-order valence-corrected chi connectivity index (χ2v) is 6.28. The van der Waals surface area contributed by atoms with E-state index < -0.39 is 17.4 Å². The van der Waals surface area contributed by atoms with Crippen molar-refractivity contribution >= 4 is 40.4 Å². The fraction of sp³-hybridized carbons (Fsp3) is 0.200. The number of hydrogen-bond acceptors (Lipinski definition) is 4. The summed E-state index contributed by atoms with van der Waals surface area (Å²) in [4.78, 5) is 24.3. The third-order valence-electron chi connectivity index (χ3n) is 2.93. The Morgan fingerprint density at radius 3 is 2.68 bits per heavy atom. The quantitative estimate of drug-likeness (QED) is 0.749. The molecule has 0 radical (unpaired) electrons. The Hall–Kier alpha value is -1.89. The Labute approximate surface area is 136 Å². The molecule has 0 fully saturated rings. The first-order valence-corrected chi connectivity index (χ1v) is 7.75. The zero-order valence-corrected chi connectivity index (χ0v) is 13.4. The highest BCUT2D eigenvalue weighted by molar-refractivity contribution is 7.10. The number of carbonyl (C=O) groups is 2. The van der Waals surface area contributed by atoms with E-state index in [0.29, 0.717) is 15.6 Å². The monoisotopic (exact) mass is 338 g/mol. The second-order valence-electron chi connectivity index (χ2n) is 4.90. The van der Waals surface area contributed by atoms with Crippen molar-refractivity contribution in [1.29, 1.82) is 0 Å². The topological polar surface area (TPSA) is 78.4 Å². The van der Waals surface area contributed by atoms with Gasteiger partial charge in [0.1, 0.15) is 5.60 Å². The van der Waals surface area contributed by atoms with Crippen molar-refractivity contribution in [3.63, 3.8) is 0 Å². The predicted octanol–water partition coefficient (Wildman–Crippen LogP) is 2.36. The maximum absolute atomic E-state index is 11.8. The number of thiophene rings is 1. The van der Waals surface area contributed by atoms with Crippen molar-refractivity contribution in [2.75, 3.05) is 11.9 Å². The van der Waals surface area contributed by atoms with Gasteiger partial charge in [-0.05, 0) is 36.6 Å². The third kappa shape index (κ3) is 4.30. The summed E-state index contributed by atoms with van der Waals surface area (Å²) in [6.07, 6.45) is 0. The van der Waals surface area contributed by atoms with E-state index in [-0.39, 0.29) is 6.54 Å². The van der Waals surface area contributed by atoms with Crippen LogP contribution in [0.4, 0.5) is 5.69 Å². The van der Waals surface area contributed by atoms with Crippen LogP contribution in [0.5, 0.6) is 0 Å². The van der Waals surface area contributed by atoms with Crippen LogP contribution >= 0.6 is 22.9 Å². The maximum atomic E-state index is 11.8. The third-order valence-corrected chi connectivity index (χ3v) is 4.29. The molecule has 1 unspecified atom stereocenters. The molecule has 0 saturated heterocycles. The lowest BCUT2D eigenvalue weighted by Gasteiger charge is -2.22. The molecule has 116 valence electrons. The molecule has 0 saturated carbocycles. The number of benzene rings is 1. The molecule has 1 heterocycles. The number of anilines is 1. The summed E-state index contributed by atoms with van der Waals surface area (Å²) < 4.78 is 0. The van der Waals surface area contributed by atoms with E-state index in [1.807, 2.05) is 11.4 Å². The number of nitrogens with one attached hydrogen (secondary N) is 2. The number of hydrogen-bond donors (Lipinski definition) is 3. The van der Waals surface area contributed by atoms with Crippen LogP contribution in [0.2, 0.25) is 5.02 Å². The van der Waals surface area contributed by atoms with Crippen LogP contribution in [0.25, 0.3) is 0 Å². The molecular weight excluding hydrogens is 324 g/mol. The maximum Gasteiger partial charge on any atom is 0.313 e. The molecule has 0 bridgehead atoms. The molecule has 2 aromatic rings. The zero-order chi connectivity index (χ0) is 16.2. The second kappa shape index (κ2) is 6.91. The van der Waals surface area contributed by atoms with Crippen LogP contribution in [-0.2, 0) is 15.2 Å². The molecule has 1 atom stereocenters. The first kappa shape index (κ1) is 16.5. The van der Waals surface area contributed by atoms with Gasteiger partial charge in [0, 0.05) is 15.6 Å². The highest BCUT2D eigenvalue weighted by atomic mass is 35.5. The van der Waals surface area contributed by atoms with E-state index in [2.05, 4.69) is 10.6 Å². The van der Waals surface area contributed by atoms with Crippen LogP contribution in [0.1, 0.15) is 11.8 Å². The Morgan fingerprint density at radius 2 is 2.05 bits per heavy atom. The van der Waals surface area contributed by atoms with Gasteiger partial charge in [0.05, 0.1) is 6.54 Å².